The Balaban J connectivity index is 0.000000438. The first-order valence-electron chi connectivity index (χ1n) is 8.50. The molecule has 1 aromatic carbocycles. The van der Waals surface area contributed by atoms with Crippen LogP contribution in [0, 0.1) is 0 Å². The molecule has 1 aliphatic rings. The van der Waals surface area contributed by atoms with Gasteiger partial charge in [-0.3, -0.25) is 14.6 Å². The first kappa shape index (κ1) is 21.8. The Morgan fingerprint density at radius 1 is 0.828 bits per heavy atom. The lowest BCUT2D eigenvalue weighted by atomic mass is 10.1. The largest absolute Gasteiger partial charge is 0.473 e. The summed E-state index contributed by atoms with van der Waals surface area (Å²) in [5.41, 5.74) is 1.15. The quantitative estimate of drug-likeness (QED) is 0.705. The van der Waals surface area contributed by atoms with E-state index in [1.54, 1.807) is 58.6 Å². The smallest absolute Gasteiger partial charge is 0.414 e. The molecule has 2 aromatic rings. The molecule has 0 saturated carbocycles. The summed E-state index contributed by atoms with van der Waals surface area (Å²) in [4.78, 5) is 50.5. The van der Waals surface area contributed by atoms with Gasteiger partial charge in [-0.2, -0.15) is 0 Å². The second-order valence-electron chi connectivity index (χ2n) is 5.95. The number of halogens is 1. The second-order valence-corrected chi connectivity index (χ2v) is 6.38. The molecule has 1 fully saturated rings. The van der Waals surface area contributed by atoms with Gasteiger partial charge in [0.15, 0.2) is 0 Å². The van der Waals surface area contributed by atoms with E-state index in [2.05, 4.69) is 4.98 Å². The molecular formula is C19H18ClN3O6. The van der Waals surface area contributed by atoms with Crippen LogP contribution >= 0.6 is 11.6 Å². The minimum atomic E-state index is -1.82. The molecule has 2 N–H and O–H groups in total. The van der Waals surface area contributed by atoms with Crippen molar-refractivity contribution in [1.82, 2.24) is 14.8 Å². The van der Waals surface area contributed by atoms with Gasteiger partial charge in [-0.05, 0) is 30.3 Å². The predicted octanol–water partition coefficient (Wildman–Crippen LogP) is 1.49. The Hall–Kier alpha value is -3.46. The van der Waals surface area contributed by atoms with Crippen molar-refractivity contribution in [2.45, 2.75) is 0 Å². The Morgan fingerprint density at radius 2 is 1.34 bits per heavy atom. The number of carboxylic acids is 2. The third-order valence-electron chi connectivity index (χ3n) is 4.02. The van der Waals surface area contributed by atoms with E-state index < -0.39 is 11.9 Å². The highest BCUT2D eigenvalue weighted by molar-refractivity contribution is 6.31. The minimum absolute atomic E-state index is 0.0482. The molecule has 2 heterocycles. The predicted molar refractivity (Wildman–Crippen MR) is 103 cm³/mol. The highest BCUT2D eigenvalue weighted by atomic mass is 35.5. The molecule has 10 heteroatoms. The molecular weight excluding hydrogens is 402 g/mol. The van der Waals surface area contributed by atoms with Crippen LogP contribution in [-0.4, -0.2) is 74.9 Å². The molecule has 0 bridgehead atoms. The zero-order valence-corrected chi connectivity index (χ0v) is 16.0. The summed E-state index contributed by atoms with van der Waals surface area (Å²) in [7, 11) is 0. The second kappa shape index (κ2) is 10.2. The standard InChI is InChI=1S/C17H16ClN3O2.C2H2O4/c18-15-5-1-3-13(11-15)16(22)20-7-9-21(10-8-20)17(23)14-4-2-6-19-12-14;3-1(4)2(5)6/h1-6,11-12H,7-10H2;(H,3,4)(H,5,6). The molecule has 0 spiro atoms. The van der Waals surface area contributed by atoms with Crippen molar-refractivity contribution in [2.75, 3.05) is 26.2 Å². The fourth-order valence-corrected chi connectivity index (χ4v) is 2.78. The van der Waals surface area contributed by atoms with E-state index in [4.69, 9.17) is 31.4 Å². The molecule has 0 aliphatic carbocycles. The van der Waals surface area contributed by atoms with E-state index in [1.165, 1.54) is 0 Å². The molecule has 0 atom stereocenters. The first-order valence-corrected chi connectivity index (χ1v) is 8.87. The van der Waals surface area contributed by atoms with Gasteiger partial charge in [0.25, 0.3) is 11.8 Å². The maximum absolute atomic E-state index is 12.5. The van der Waals surface area contributed by atoms with Crippen molar-refractivity contribution in [2.24, 2.45) is 0 Å². The molecule has 152 valence electrons. The van der Waals surface area contributed by atoms with Crippen LogP contribution in [0.5, 0.6) is 0 Å². The number of piperazine rings is 1. The van der Waals surface area contributed by atoms with Gasteiger partial charge in [0.1, 0.15) is 0 Å². The fraction of sp³-hybridized carbons (Fsp3) is 0.211. The average Bonchev–Trinajstić information content (AvgIpc) is 2.74. The van der Waals surface area contributed by atoms with Crippen LogP contribution in [-0.2, 0) is 9.59 Å². The third kappa shape index (κ3) is 6.28. The Kier molecular flexibility index (Phi) is 7.67. The highest BCUT2D eigenvalue weighted by Gasteiger charge is 2.25. The first-order chi connectivity index (χ1) is 13.8. The van der Waals surface area contributed by atoms with E-state index in [0.717, 1.165) is 0 Å². The van der Waals surface area contributed by atoms with E-state index in [0.29, 0.717) is 42.3 Å². The molecule has 0 radical (unpaired) electrons. The number of carboxylic acid groups (broad SMARTS) is 2. The number of nitrogens with zero attached hydrogens (tertiary/aromatic N) is 3. The van der Waals surface area contributed by atoms with Gasteiger partial charge in [0.2, 0.25) is 0 Å². The number of rotatable bonds is 2. The number of carbonyl (C=O) groups is 4. The number of carbonyl (C=O) groups excluding carboxylic acids is 2. The van der Waals surface area contributed by atoms with Gasteiger partial charge in [-0.25, -0.2) is 9.59 Å². The number of pyridine rings is 1. The molecule has 1 saturated heterocycles. The maximum atomic E-state index is 12.5. The fourth-order valence-electron chi connectivity index (χ4n) is 2.59. The van der Waals surface area contributed by atoms with Crippen LogP contribution in [0.2, 0.25) is 5.02 Å². The summed E-state index contributed by atoms with van der Waals surface area (Å²) in [6.07, 6.45) is 3.20. The molecule has 29 heavy (non-hydrogen) atoms. The van der Waals surface area contributed by atoms with Gasteiger partial charge in [0, 0.05) is 49.2 Å². The van der Waals surface area contributed by atoms with Crippen LogP contribution < -0.4 is 0 Å². The average molecular weight is 420 g/mol. The zero-order chi connectivity index (χ0) is 21.4. The van der Waals surface area contributed by atoms with Crippen LogP contribution in [0.15, 0.2) is 48.8 Å². The van der Waals surface area contributed by atoms with Gasteiger partial charge in [-0.1, -0.05) is 17.7 Å². The van der Waals surface area contributed by atoms with E-state index in [-0.39, 0.29) is 11.8 Å². The van der Waals surface area contributed by atoms with E-state index in [9.17, 15) is 9.59 Å². The lowest BCUT2D eigenvalue weighted by Gasteiger charge is -2.34. The van der Waals surface area contributed by atoms with Crippen molar-refractivity contribution in [3.63, 3.8) is 0 Å². The normalized spacial score (nSPS) is 13.1. The van der Waals surface area contributed by atoms with Gasteiger partial charge < -0.3 is 20.0 Å². The molecule has 0 unspecified atom stereocenters. The van der Waals surface area contributed by atoms with Crippen LogP contribution in [0.4, 0.5) is 0 Å². The molecule has 9 nitrogen and oxygen atoms in total. The van der Waals surface area contributed by atoms with Crippen molar-refractivity contribution in [3.8, 4) is 0 Å². The van der Waals surface area contributed by atoms with Gasteiger partial charge >= 0.3 is 11.9 Å². The molecule has 2 amide bonds. The number of benzene rings is 1. The summed E-state index contributed by atoms with van der Waals surface area (Å²) in [6.45, 7) is 2.05. The Labute approximate surface area is 171 Å². The number of amides is 2. The van der Waals surface area contributed by atoms with Crippen LogP contribution in [0.3, 0.4) is 0 Å². The minimum Gasteiger partial charge on any atom is -0.473 e. The van der Waals surface area contributed by atoms with Crippen LogP contribution in [0.25, 0.3) is 0 Å². The van der Waals surface area contributed by atoms with Gasteiger partial charge in [-0.15, -0.1) is 0 Å². The van der Waals surface area contributed by atoms with Crippen molar-refractivity contribution in [3.05, 3.63) is 64.9 Å². The van der Waals surface area contributed by atoms with Gasteiger partial charge in [0.05, 0.1) is 5.56 Å². The summed E-state index contributed by atoms with van der Waals surface area (Å²) in [5.74, 6) is -3.75. The molecule has 1 aromatic heterocycles. The summed E-state index contributed by atoms with van der Waals surface area (Å²) >= 11 is 5.93. The summed E-state index contributed by atoms with van der Waals surface area (Å²) < 4.78 is 0. The lowest BCUT2D eigenvalue weighted by Crippen LogP contribution is -2.50. The lowest BCUT2D eigenvalue weighted by molar-refractivity contribution is -0.159. The monoisotopic (exact) mass is 419 g/mol. The molecule has 1 aliphatic heterocycles. The number of aromatic nitrogens is 1. The number of hydrogen-bond donors (Lipinski definition) is 2. The number of hydrogen-bond acceptors (Lipinski definition) is 5. The summed E-state index contributed by atoms with van der Waals surface area (Å²) in [6, 6.07) is 10.4. The SMILES string of the molecule is O=C(O)C(=O)O.O=C(c1cccnc1)N1CCN(C(=O)c2cccc(Cl)c2)CC1. The van der Waals surface area contributed by atoms with Crippen molar-refractivity contribution < 1.29 is 29.4 Å². The Morgan fingerprint density at radius 3 is 1.79 bits per heavy atom. The topological polar surface area (TPSA) is 128 Å². The van der Waals surface area contributed by atoms with E-state index in [1.807, 2.05) is 0 Å². The zero-order valence-electron chi connectivity index (χ0n) is 15.2. The maximum Gasteiger partial charge on any atom is 0.414 e. The summed E-state index contributed by atoms with van der Waals surface area (Å²) in [5, 5.41) is 15.3. The van der Waals surface area contributed by atoms with Crippen molar-refractivity contribution >= 4 is 35.4 Å². The third-order valence-corrected chi connectivity index (χ3v) is 4.25. The molecule has 3 rings (SSSR count). The highest BCUT2D eigenvalue weighted by Crippen LogP contribution is 2.15. The van der Waals surface area contributed by atoms with Crippen LogP contribution in [0.1, 0.15) is 20.7 Å². The van der Waals surface area contributed by atoms with Crippen molar-refractivity contribution in [1.29, 1.82) is 0 Å². The van der Waals surface area contributed by atoms with E-state index >= 15 is 0 Å². The number of aliphatic carboxylic acids is 2. The Bertz CT molecular complexity index is 886.